The summed E-state index contributed by atoms with van der Waals surface area (Å²) >= 11 is 0. The summed E-state index contributed by atoms with van der Waals surface area (Å²) < 4.78 is 2.00. The molecule has 0 spiro atoms. The minimum atomic E-state index is -0.822. The van der Waals surface area contributed by atoms with E-state index in [9.17, 15) is 9.90 Å². The van der Waals surface area contributed by atoms with Crippen molar-refractivity contribution in [1.82, 2.24) is 24.5 Å². The molecule has 38 heavy (non-hydrogen) atoms. The fraction of sp³-hybridized carbons (Fsp3) is 0.516. The van der Waals surface area contributed by atoms with E-state index in [0.29, 0.717) is 5.92 Å². The Morgan fingerprint density at radius 3 is 2.55 bits per heavy atom. The number of carboxylic acid groups (broad SMARTS) is 1. The predicted octanol–water partition coefficient (Wildman–Crippen LogP) is 7.67. The highest BCUT2D eigenvalue weighted by Crippen LogP contribution is 2.50. The molecule has 3 aromatic heterocycles. The van der Waals surface area contributed by atoms with Crippen molar-refractivity contribution < 1.29 is 9.90 Å². The van der Waals surface area contributed by atoms with E-state index in [1.165, 1.54) is 27.6 Å². The summed E-state index contributed by atoms with van der Waals surface area (Å²) in [7, 11) is 0. The third kappa shape index (κ3) is 3.89. The first kappa shape index (κ1) is 26.3. The molecule has 3 atom stereocenters. The number of rotatable bonds is 3. The largest absolute Gasteiger partial charge is 0.465 e. The van der Waals surface area contributed by atoms with E-state index < -0.39 is 11.6 Å². The zero-order valence-electron chi connectivity index (χ0n) is 24.2. The van der Waals surface area contributed by atoms with E-state index in [1.807, 2.05) is 4.40 Å². The van der Waals surface area contributed by atoms with Crippen LogP contribution >= 0.6 is 0 Å². The number of hydrogen-bond acceptors (Lipinski definition) is 3. The Hall–Kier alpha value is -3.35. The summed E-state index contributed by atoms with van der Waals surface area (Å²) in [6, 6.07) is 6.76. The number of aromatic amines is 1. The number of carbonyl (C=O) groups is 1. The van der Waals surface area contributed by atoms with Crippen LogP contribution in [0.5, 0.6) is 0 Å². The maximum Gasteiger partial charge on any atom is 0.408 e. The smallest absolute Gasteiger partial charge is 0.408 e. The van der Waals surface area contributed by atoms with Gasteiger partial charge in [-0.2, -0.15) is 0 Å². The molecule has 3 unspecified atom stereocenters. The highest BCUT2D eigenvalue weighted by Gasteiger charge is 2.51. The molecule has 5 rings (SSSR count). The summed E-state index contributed by atoms with van der Waals surface area (Å²) in [6.45, 7) is 19.4. The second-order valence-corrected chi connectivity index (χ2v) is 12.9. The second-order valence-electron chi connectivity index (χ2n) is 12.9. The number of nitrogens with zero attached hydrogens (tertiary/aromatic N) is 4. The number of hydrogen-bond donors (Lipinski definition) is 2. The average Bonchev–Trinajstić information content (AvgIpc) is 3.44. The fourth-order valence-corrected chi connectivity index (χ4v) is 6.75. The van der Waals surface area contributed by atoms with Gasteiger partial charge in [-0.1, -0.05) is 40.7 Å². The number of pyridine rings is 1. The Morgan fingerprint density at radius 2 is 1.92 bits per heavy atom. The number of aromatic nitrogens is 4. The first-order chi connectivity index (χ1) is 17.7. The number of amides is 1. The third-order valence-electron chi connectivity index (χ3n) is 9.39. The molecule has 202 valence electrons. The zero-order valence-corrected chi connectivity index (χ0v) is 24.2. The molecule has 7 nitrogen and oxygen atoms in total. The molecule has 1 saturated heterocycles. The minimum Gasteiger partial charge on any atom is -0.465 e. The van der Waals surface area contributed by atoms with Gasteiger partial charge in [0.05, 0.1) is 5.69 Å². The SMILES string of the molecule is Cc1c(-c2[nH]c3ccc(C4CC(C)N(C(=O)O)C(C)(C(C)(C)C)C4)cc3c2C(C)C)cn2cnnc2c1C. The number of H-pyrrole nitrogens is 1. The summed E-state index contributed by atoms with van der Waals surface area (Å²) in [5.74, 6) is 0.600. The van der Waals surface area contributed by atoms with E-state index in [0.717, 1.165) is 35.3 Å². The van der Waals surface area contributed by atoms with Crippen LogP contribution in [0, 0.1) is 19.3 Å². The molecule has 0 bridgehead atoms. The first-order valence-electron chi connectivity index (χ1n) is 13.7. The molecule has 7 heteroatoms. The predicted molar refractivity (Wildman–Crippen MR) is 153 cm³/mol. The van der Waals surface area contributed by atoms with Crippen molar-refractivity contribution in [3.8, 4) is 11.3 Å². The molecule has 0 saturated carbocycles. The number of aryl methyl sites for hydroxylation is 1. The van der Waals surface area contributed by atoms with Gasteiger partial charge in [-0.15, -0.1) is 10.2 Å². The van der Waals surface area contributed by atoms with Crippen LogP contribution in [-0.2, 0) is 0 Å². The maximum atomic E-state index is 12.3. The van der Waals surface area contributed by atoms with Crippen molar-refractivity contribution in [3.63, 3.8) is 0 Å². The quantitative estimate of drug-likeness (QED) is 0.293. The van der Waals surface area contributed by atoms with E-state index in [4.69, 9.17) is 0 Å². The van der Waals surface area contributed by atoms with Crippen LogP contribution in [0.15, 0.2) is 30.7 Å². The molecule has 1 aliphatic rings. The van der Waals surface area contributed by atoms with Crippen molar-refractivity contribution >= 4 is 22.6 Å². The van der Waals surface area contributed by atoms with Crippen molar-refractivity contribution in [2.75, 3.05) is 0 Å². The lowest BCUT2D eigenvalue weighted by Crippen LogP contribution is -2.63. The summed E-state index contributed by atoms with van der Waals surface area (Å²) in [6.07, 6.45) is 4.69. The van der Waals surface area contributed by atoms with Gasteiger partial charge in [0.25, 0.3) is 0 Å². The highest BCUT2D eigenvalue weighted by molar-refractivity contribution is 5.92. The molecule has 4 heterocycles. The van der Waals surface area contributed by atoms with Gasteiger partial charge >= 0.3 is 6.09 Å². The van der Waals surface area contributed by atoms with E-state index >= 15 is 0 Å². The van der Waals surface area contributed by atoms with Gasteiger partial charge in [-0.05, 0) is 92.2 Å². The molecular formula is C31H41N5O2. The summed E-state index contributed by atoms with van der Waals surface area (Å²) in [5.41, 5.74) is 8.61. The van der Waals surface area contributed by atoms with Gasteiger partial charge in [0.2, 0.25) is 0 Å². The molecule has 2 N–H and O–H groups in total. The van der Waals surface area contributed by atoms with Crippen LogP contribution in [0.1, 0.15) is 95.4 Å². The van der Waals surface area contributed by atoms with Gasteiger partial charge in [0.1, 0.15) is 6.33 Å². The topological polar surface area (TPSA) is 86.5 Å². The molecule has 0 aliphatic carbocycles. The number of fused-ring (bicyclic) bond motifs is 2. The van der Waals surface area contributed by atoms with Gasteiger partial charge < -0.3 is 10.1 Å². The Bertz CT molecular complexity index is 1540. The van der Waals surface area contributed by atoms with Gasteiger partial charge in [0, 0.05) is 34.2 Å². The van der Waals surface area contributed by atoms with E-state index in [2.05, 4.69) is 102 Å². The minimum absolute atomic E-state index is 0.0568. The molecular weight excluding hydrogens is 474 g/mol. The Balaban J connectivity index is 1.64. The van der Waals surface area contributed by atoms with Gasteiger partial charge in [-0.25, -0.2) is 4.79 Å². The van der Waals surface area contributed by atoms with Crippen LogP contribution < -0.4 is 0 Å². The van der Waals surface area contributed by atoms with E-state index in [1.54, 1.807) is 11.2 Å². The van der Waals surface area contributed by atoms with Gasteiger partial charge in [-0.3, -0.25) is 9.30 Å². The number of benzene rings is 1. The molecule has 1 amide bonds. The lowest BCUT2D eigenvalue weighted by atomic mass is 9.64. The van der Waals surface area contributed by atoms with Crippen molar-refractivity contribution in [2.45, 2.75) is 98.6 Å². The lowest BCUT2D eigenvalue weighted by molar-refractivity contribution is -0.0442. The normalized spacial score (nSPS) is 22.6. The Morgan fingerprint density at radius 1 is 1.21 bits per heavy atom. The average molecular weight is 516 g/mol. The Kier molecular flexibility index (Phi) is 6.12. The molecule has 0 radical (unpaired) electrons. The number of piperidine rings is 1. The van der Waals surface area contributed by atoms with Gasteiger partial charge in [0.15, 0.2) is 5.65 Å². The molecule has 1 aliphatic heterocycles. The fourth-order valence-electron chi connectivity index (χ4n) is 6.75. The van der Waals surface area contributed by atoms with Crippen molar-refractivity contribution in [1.29, 1.82) is 0 Å². The highest BCUT2D eigenvalue weighted by atomic mass is 16.4. The van der Waals surface area contributed by atoms with Crippen LogP contribution in [0.25, 0.3) is 27.8 Å². The third-order valence-corrected chi connectivity index (χ3v) is 9.39. The van der Waals surface area contributed by atoms with Crippen LogP contribution in [0.4, 0.5) is 4.79 Å². The van der Waals surface area contributed by atoms with Crippen LogP contribution in [0.3, 0.4) is 0 Å². The second kappa shape index (κ2) is 8.85. The maximum absolute atomic E-state index is 12.3. The monoisotopic (exact) mass is 515 g/mol. The summed E-state index contributed by atoms with van der Waals surface area (Å²) in [5, 5.41) is 19.8. The standard InChI is InChI=1S/C31H41N5O2/c1-17(2)26-23-13-21(22-12-18(3)36(29(37)38)31(9,14-22)30(6,7)8)10-11-25(23)33-27(26)24-15-35-16-32-34-28(35)20(5)19(24)4/h10-11,13,15-18,22,33H,12,14H2,1-9H3,(H,37,38). The molecule has 1 aromatic carbocycles. The van der Waals surface area contributed by atoms with Crippen molar-refractivity contribution in [3.05, 3.63) is 53.0 Å². The summed E-state index contributed by atoms with van der Waals surface area (Å²) in [4.78, 5) is 17.8. The lowest BCUT2D eigenvalue weighted by Gasteiger charge is -2.56. The molecule has 4 aromatic rings. The van der Waals surface area contributed by atoms with Crippen LogP contribution in [0.2, 0.25) is 0 Å². The Labute approximate surface area is 225 Å². The molecule has 1 fully saturated rings. The number of likely N-dealkylation sites (tertiary alicyclic amines) is 1. The number of nitrogens with one attached hydrogen (secondary N) is 1. The van der Waals surface area contributed by atoms with Crippen LogP contribution in [-0.4, -0.2) is 47.3 Å². The van der Waals surface area contributed by atoms with E-state index in [-0.39, 0.29) is 17.4 Å². The zero-order chi connectivity index (χ0) is 27.7. The first-order valence-corrected chi connectivity index (χ1v) is 13.7. The van der Waals surface area contributed by atoms with Crippen molar-refractivity contribution in [2.24, 2.45) is 5.41 Å².